The molecule has 0 heterocycles. The molecule has 2 aliphatic carbocycles. The van der Waals surface area contributed by atoms with Gasteiger partial charge in [0.15, 0.2) is 0 Å². The van der Waals surface area contributed by atoms with E-state index in [4.69, 9.17) is 10.5 Å². The van der Waals surface area contributed by atoms with Crippen LogP contribution in [0.5, 0.6) is 0 Å². The summed E-state index contributed by atoms with van der Waals surface area (Å²) in [5.74, 6) is 0.840. The van der Waals surface area contributed by atoms with Crippen LogP contribution in [0.3, 0.4) is 0 Å². The van der Waals surface area contributed by atoms with Crippen molar-refractivity contribution in [1.82, 2.24) is 4.90 Å². The predicted octanol–water partition coefficient (Wildman–Crippen LogP) is 2.59. The van der Waals surface area contributed by atoms with Crippen LogP contribution in [0.15, 0.2) is 0 Å². The van der Waals surface area contributed by atoms with Gasteiger partial charge >= 0.3 is 0 Å². The zero-order chi connectivity index (χ0) is 15.0. The smallest absolute Gasteiger partial charge is 0.243 e. The molecule has 0 aromatic carbocycles. The Morgan fingerprint density at radius 2 is 1.95 bits per heavy atom. The molecule has 2 N–H and O–H groups in total. The lowest BCUT2D eigenvalue weighted by molar-refractivity contribution is -0.179. The molecule has 0 aliphatic heterocycles. The van der Waals surface area contributed by atoms with Crippen molar-refractivity contribution in [1.29, 1.82) is 0 Å². The Kier molecular flexibility index (Phi) is 6.10. The monoisotopic (exact) mass is 318 g/mol. The quantitative estimate of drug-likeness (QED) is 0.785. The van der Waals surface area contributed by atoms with Gasteiger partial charge in [0.25, 0.3) is 0 Å². The van der Waals surface area contributed by atoms with Crippen molar-refractivity contribution in [2.75, 3.05) is 19.7 Å². The maximum atomic E-state index is 12.9. The predicted molar refractivity (Wildman–Crippen MR) is 87.6 cm³/mol. The summed E-state index contributed by atoms with van der Waals surface area (Å²) in [5, 5.41) is 0. The lowest BCUT2D eigenvalue weighted by Crippen LogP contribution is -2.76. The zero-order valence-electron chi connectivity index (χ0n) is 13.9. The average Bonchev–Trinajstić information content (AvgIpc) is 3.21. The van der Waals surface area contributed by atoms with Crippen LogP contribution in [0.25, 0.3) is 0 Å². The Labute approximate surface area is 135 Å². The number of ether oxygens (including phenoxy) is 1. The van der Waals surface area contributed by atoms with Gasteiger partial charge in [-0.25, -0.2) is 0 Å². The van der Waals surface area contributed by atoms with Crippen LogP contribution in [-0.4, -0.2) is 42.1 Å². The molecule has 2 aliphatic rings. The second-order valence-corrected chi connectivity index (χ2v) is 7.04. The van der Waals surface area contributed by atoms with Crippen molar-refractivity contribution in [2.45, 2.75) is 65.0 Å². The fourth-order valence-corrected chi connectivity index (χ4v) is 3.24. The van der Waals surface area contributed by atoms with E-state index in [-0.39, 0.29) is 29.8 Å². The summed E-state index contributed by atoms with van der Waals surface area (Å²) in [6.07, 6.45) is 4.26. The van der Waals surface area contributed by atoms with Crippen LogP contribution in [0, 0.1) is 11.3 Å². The van der Waals surface area contributed by atoms with Crippen LogP contribution in [0.4, 0.5) is 0 Å². The van der Waals surface area contributed by atoms with E-state index in [2.05, 4.69) is 20.8 Å². The maximum Gasteiger partial charge on any atom is 0.243 e. The highest BCUT2D eigenvalue weighted by atomic mass is 35.5. The number of hydrogen-bond donors (Lipinski definition) is 1. The minimum atomic E-state index is -0.753. The number of carbonyl (C=O) groups is 1. The van der Waals surface area contributed by atoms with Crippen LogP contribution < -0.4 is 5.73 Å². The molecule has 5 heteroatoms. The molecular formula is C16H31ClN2O2. The Bertz CT molecular complexity index is 371. The SMILES string of the molecule is CCCN(CC1CC1)C(=O)C1(N)CC(OCC)C1(C)C.Cl. The Morgan fingerprint density at radius 1 is 1.33 bits per heavy atom. The molecule has 0 spiro atoms. The molecule has 2 fully saturated rings. The van der Waals surface area contributed by atoms with Gasteiger partial charge in [-0.3, -0.25) is 4.79 Å². The van der Waals surface area contributed by atoms with E-state index in [9.17, 15) is 4.79 Å². The Hall–Kier alpha value is -0.320. The van der Waals surface area contributed by atoms with Gasteiger partial charge in [0.05, 0.1) is 6.10 Å². The first kappa shape index (κ1) is 18.7. The van der Waals surface area contributed by atoms with Crippen molar-refractivity contribution in [3.63, 3.8) is 0 Å². The molecule has 2 saturated carbocycles. The van der Waals surface area contributed by atoms with Crippen molar-refractivity contribution in [3.05, 3.63) is 0 Å². The first-order chi connectivity index (χ1) is 9.36. The molecule has 2 atom stereocenters. The van der Waals surface area contributed by atoms with Crippen molar-refractivity contribution >= 4 is 18.3 Å². The van der Waals surface area contributed by atoms with E-state index >= 15 is 0 Å². The highest BCUT2D eigenvalue weighted by Gasteiger charge is 2.63. The zero-order valence-corrected chi connectivity index (χ0v) is 14.7. The van der Waals surface area contributed by atoms with Crippen LogP contribution in [0.1, 0.15) is 53.4 Å². The number of nitrogens with zero attached hydrogens (tertiary/aromatic N) is 1. The van der Waals surface area contributed by atoms with E-state index in [0.717, 1.165) is 19.5 Å². The Morgan fingerprint density at radius 3 is 2.38 bits per heavy atom. The molecule has 124 valence electrons. The minimum absolute atomic E-state index is 0. The van der Waals surface area contributed by atoms with Gasteiger partial charge < -0.3 is 15.4 Å². The Balaban J connectivity index is 0.00000220. The van der Waals surface area contributed by atoms with E-state index in [1.807, 2.05) is 11.8 Å². The molecule has 2 rings (SSSR count). The standard InChI is InChI=1S/C16H30N2O2.ClH/c1-5-9-18(11-12-7-8-12)14(19)16(17)10-13(20-6-2)15(16,3)4;/h12-13H,5-11,17H2,1-4H3;1H. The molecule has 0 aromatic heterocycles. The summed E-state index contributed by atoms with van der Waals surface area (Å²) in [4.78, 5) is 14.9. The van der Waals surface area contributed by atoms with Gasteiger partial charge in [-0.2, -0.15) is 0 Å². The molecule has 4 nitrogen and oxygen atoms in total. The van der Waals surface area contributed by atoms with E-state index in [1.165, 1.54) is 12.8 Å². The summed E-state index contributed by atoms with van der Waals surface area (Å²) in [6.45, 7) is 10.6. The van der Waals surface area contributed by atoms with Gasteiger partial charge in [-0.05, 0) is 32.1 Å². The molecule has 1 amide bonds. The number of halogens is 1. The first-order valence-electron chi connectivity index (χ1n) is 8.06. The molecule has 0 radical (unpaired) electrons. The van der Waals surface area contributed by atoms with Gasteiger partial charge in [-0.1, -0.05) is 20.8 Å². The van der Waals surface area contributed by atoms with Gasteiger partial charge in [0.1, 0.15) is 5.54 Å². The maximum absolute atomic E-state index is 12.9. The second kappa shape index (κ2) is 6.84. The minimum Gasteiger partial charge on any atom is -0.378 e. The molecular weight excluding hydrogens is 288 g/mol. The highest BCUT2D eigenvalue weighted by Crippen LogP contribution is 2.50. The van der Waals surface area contributed by atoms with E-state index in [0.29, 0.717) is 18.9 Å². The van der Waals surface area contributed by atoms with Gasteiger partial charge in [-0.15, -0.1) is 12.4 Å². The lowest BCUT2D eigenvalue weighted by Gasteiger charge is -2.58. The average molecular weight is 319 g/mol. The normalized spacial score (nSPS) is 30.2. The van der Waals surface area contributed by atoms with Crippen LogP contribution >= 0.6 is 12.4 Å². The number of rotatable bonds is 7. The summed E-state index contributed by atoms with van der Waals surface area (Å²) >= 11 is 0. The number of nitrogens with two attached hydrogens (primary N) is 1. The summed E-state index contributed by atoms with van der Waals surface area (Å²) < 4.78 is 5.72. The lowest BCUT2D eigenvalue weighted by atomic mass is 9.54. The molecule has 0 aromatic rings. The molecule has 0 saturated heterocycles. The summed E-state index contributed by atoms with van der Waals surface area (Å²) in [7, 11) is 0. The highest BCUT2D eigenvalue weighted by molar-refractivity contribution is 5.89. The third-order valence-corrected chi connectivity index (χ3v) is 5.17. The van der Waals surface area contributed by atoms with Crippen LogP contribution in [-0.2, 0) is 9.53 Å². The third-order valence-electron chi connectivity index (χ3n) is 5.17. The first-order valence-corrected chi connectivity index (χ1v) is 8.06. The third kappa shape index (κ3) is 3.38. The van der Waals surface area contributed by atoms with E-state index in [1.54, 1.807) is 0 Å². The molecule has 2 unspecified atom stereocenters. The van der Waals surface area contributed by atoms with Gasteiger partial charge in [0.2, 0.25) is 5.91 Å². The van der Waals surface area contributed by atoms with Crippen LogP contribution in [0.2, 0.25) is 0 Å². The van der Waals surface area contributed by atoms with Gasteiger partial charge in [0, 0.05) is 31.5 Å². The van der Waals surface area contributed by atoms with Crippen molar-refractivity contribution < 1.29 is 9.53 Å². The topological polar surface area (TPSA) is 55.6 Å². The van der Waals surface area contributed by atoms with E-state index < -0.39 is 5.54 Å². The van der Waals surface area contributed by atoms with Crippen molar-refractivity contribution in [3.8, 4) is 0 Å². The number of carbonyl (C=O) groups excluding carboxylic acids is 1. The molecule has 0 bridgehead atoms. The molecule has 21 heavy (non-hydrogen) atoms. The van der Waals surface area contributed by atoms with Crippen molar-refractivity contribution in [2.24, 2.45) is 17.1 Å². The number of amides is 1. The largest absolute Gasteiger partial charge is 0.378 e. The second-order valence-electron chi connectivity index (χ2n) is 7.04. The fourth-order valence-electron chi connectivity index (χ4n) is 3.24. The summed E-state index contributed by atoms with van der Waals surface area (Å²) in [6, 6.07) is 0. The number of hydrogen-bond acceptors (Lipinski definition) is 3. The summed E-state index contributed by atoms with van der Waals surface area (Å²) in [5.41, 5.74) is 5.47. The fraction of sp³-hybridized carbons (Fsp3) is 0.938.